The Morgan fingerprint density at radius 3 is 2.85 bits per heavy atom. The molecule has 4 nitrogen and oxygen atoms in total. The van der Waals surface area contributed by atoms with E-state index in [2.05, 4.69) is 9.73 Å². The van der Waals surface area contributed by atoms with Crippen molar-refractivity contribution in [2.45, 2.75) is 18.9 Å². The second kappa shape index (κ2) is 4.58. The Morgan fingerprint density at radius 2 is 2.23 bits per heavy atom. The molecule has 4 heteroatoms. The van der Waals surface area contributed by atoms with Crippen LogP contribution in [0.5, 0.6) is 0 Å². The van der Waals surface area contributed by atoms with Gasteiger partial charge in [0.2, 0.25) is 6.08 Å². The molecule has 0 amide bonds. The standard InChI is InChI=1S/C9H11NO3/c1-13-9(12)7-4-2-3-5-8(7)10-6-11/h2-3,7-8H,4-5H2,1H3/t7?,8-/m1/s1. The third-order valence-electron chi connectivity index (χ3n) is 2.12. The monoisotopic (exact) mass is 181 g/mol. The van der Waals surface area contributed by atoms with Crippen molar-refractivity contribution in [1.82, 2.24) is 0 Å². The predicted octanol–water partition coefficient (Wildman–Crippen LogP) is 0.830. The fourth-order valence-electron chi connectivity index (χ4n) is 1.41. The first kappa shape index (κ1) is 9.68. The van der Waals surface area contributed by atoms with Crippen LogP contribution in [0.2, 0.25) is 0 Å². The van der Waals surface area contributed by atoms with E-state index in [9.17, 15) is 9.59 Å². The molecule has 0 aromatic heterocycles. The number of aliphatic imine (C=N–C) groups is 1. The lowest BCUT2D eigenvalue weighted by Gasteiger charge is -2.21. The molecule has 0 fully saturated rings. The normalized spacial score (nSPS) is 26.2. The van der Waals surface area contributed by atoms with Crippen LogP contribution in [-0.2, 0) is 14.3 Å². The molecule has 1 rings (SSSR count). The Bertz CT molecular complexity index is 266. The summed E-state index contributed by atoms with van der Waals surface area (Å²) in [5, 5.41) is 0. The smallest absolute Gasteiger partial charge is 0.311 e. The van der Waals surface area contributed by atoms with Crippen molar-refractivity contribution in [3.05, 3.63) is 12.2 Å². The van der Waals surface area contributed by atoms with Gasteiger partial charge in [0.25, 0.3) is 0 Å². The molecule has 0 bridgehead atoms. The molecule has 1 aliphatic rings. The van der Waals surface area contributed by atoms with Crippen molar-refractivity contribution in [1.29, 1.82) is 0 Å². The van der Waals surface area contributed by atoms with E-state index in [0.717, 1.165) is 0 Å². The number of ether oxygens (including phenoxy) is 1. The van der Waals surface area contributed by atoms with E-state index in [4.69, 9.17) is 0 Å². The van der Waals surface area contributed by atoms with Gasteiger partial charge in [0.05, 0.1) is 19.1 Å². The Labute approximate surface area is 76.3 Å². The summed E-state index contributed by atoms with van der Waals surface area (Å²) in [5.74, 6) is -0.634. The van der Waals surface area contributed by atoms with Gasteiger partial charge in [-0.2, -0.15) is 0 Å². The van der Waals surface area contributed by atoms with Gasteiger partial charge in [-0.1, -0.05) is 12.2 Å². The summed E-state index contributed by atoms with van der Waals surface area (Å²) in [5.41, 5.74) is 0. The average molecular weight is 181 g/mol. The van der Waals surface area contributed by atoms with E-state index >= 15 is 0 Å². The number of methoxy groups -OCH3 is 1. The van der Waals surface area contributed by atoms with Gasteiger partial charge in [0.1, 0.15) is 0 Å². The van der Waals surface area contributed by atoms with Crippen molar-refractivity contribution in [2.75, 3.05) is 7.11 Å². The minimum Gasteiger partial charge on any atom is -0.469 e. The van der Waals surface area contributed by atoms with E-state index in [0.29, 0.717) is 12.8 Å². The van der Waals surface area contributed by atoms with Crippen molar-refractivity contribution >= 4 is 12.0 Å². The molecule has 0 saturated heterocycles. The van der Waals surface area contributed by atoms with Crippen LogP contribution in [0.3, 0.4) is 0 Å². The molecule has 1 unspecified atom stereocenters. The van der Waals surface area contributed by atoms with Crippen molar-refractivity contribution in [3.8, 4) is 0 Å². The third-order valence-corrected chi connectivity index (χ3v) is 2.12. The molecular weight excluding hydrogens is 170 g/mol. The molecule has 0 radical (unpaired) electrons. The van der Waals surface area contributed by atoms with Gasteiger partial charge in [-0.25, -0.2) is 9.79 Å². The zero-order chi connectivity index (χ0) is 9.68. The molecule has 0 aromatic carbocycles. The van der Waals surface area contributed by atoms with Gasteiger partial charge in [0.15, 0.2) is 0 Å². The van der Waals surface area contributed by atoms with Crippen molar-refractivity contribution < 1.29 is 14.3 Å². The zero-order valence-electron chi connectivity index (χ0n) is 7.40. The van der Waals surface area contributed by atoms with Gasteiger partial charge in [-0.3, -0.25) is 4.79 Å². The maximum absolute atomic E-state index is 11.2. The third kappa shape index (κ3) is 2.26. The quantitative estimate of drug-likeness (QED) is 0.274. The lowest BCUT2D eigenvalue weighted by Crippen LogP contribution is -2.29. The number of rotatable bonds is 2. The van der Waals surface area contributed by atoms with Crippen LogP contribution in [0.1, 0.15) is 12.8 Å². The van der Waals surface area contributed by atoms with Crippen LogP contribution in [0.15, 0.2) is 17.1 Å². The minimum absolute atomic E-state index is 0.296. The fraction of sp³-hybridized carbons (Fsp3) is 0.556. The molecule has 13 heavy (non-hydrogen) atoms. The molecule has 0 spiro atoms. The van der Waals surface area contributed by atoms with Crippen LogP contribution < -0.4 is 0 Å². The molecule has 70 valence electrons. The van der Waals surface area contributed by atoms with Crippen LogP contribution >= 0.6 is 0 Å². The van der Waals surface area contributed by atoms with E-state index < -0.39 is 0 Å². The number of isocyanates is 1. The van der Waals surface area contributed by atoms with Gasteiger partial charge < -0.3 is 4.74 Å². The van der Waals surface area contributed by atoms with Crippen molar-refractivity contribution in [2.24, 2.45) is 10.9 Å². The minimum atomic E-state index is -0.323. The molecule has 1 aliphatic carbocycles. The van der Waals surface area contributed by atoms with E-state index in [1.54, 1.807) is 0 Å². The highest BCUT2D eigenvalue weighted by Crippen LogP contribution is 2.22. The largest absolute Gasteiger partial charge is 0.469 e. The van der Waals surface area contributed by atoms with Crippen molar-refractivity contribution in [3.63, 3.8) is 0 Å². The second-order valence-electron chi connectivity index (χ2n) is 2.86. The van der Waals surface area contributed by atoms with Crippen LogP contribution in [-0.4, -0.2) is 25.2 Å². The van der Waals surface area contributed by atoms with Crippen LogP contribution in [0, 0.1) is 5.92 Å². The summed E-state index contributed by atoms with van der Waals surface area (Å²) in [6.07, 6.45) is 6.48. The molecule has 0 aromatic rings. The molecule has 0 saturated carbocycles. The highest BCUT2D eigenvalue weighted by molar-refractivity contribution is 5.73. The van der Waals surface area contributed by atoms with Crippen LogP contribution in [0.4, 0.5) is 0 Å². The molecular formula is C9H11NO3. The Balaban J connectivity index is 2.74. The number of esters is 1. The maximum atomic E-state index is 11.2. The van der Waals surface area contributed by atoms with E-state index in [1.165, 1.54) is 13.2 Å². The number of hydrogen-bond donors (Lipinski definition) is 0. The lowest BCUT2D eigenvalue weighted by atomic mass is 9.89. The number of carbonyl (C=O) groups is 1. The summed E-state index contributed by atoms with van der Waals surface area (Å²) < 4.78 is 4.60. The van der Waals surface area contributed by atoms with Gasteiger partial charge >= 0.3 is 5.97 Å². The highest BCUT2D eigenvalue weighted by Gasteiger charge is 2.29. The second-order valence-corrected chi connectivity index (χ2v) is 2.86. The number of allylic oxidation sites excluding steroid dienone is 1. The highest BCUT2D eigenvalue weighted by atomic mass is 16.5. The summed E-state index contributed by atoms with van der Waals surface area (Å²) in [6, 6.07) is -0.296. The number of nitrogens with zero attached hydrogens (tertiary/aromatic N) is 1. The Hall–Kier alpha value is -1.41. The average Bonchev–Trinajstić information content (AvgIpc) is 2.18. The topological polar surface area (TPSA) is 55.7 Å². The van der Waals surface area contributed by atoms with Crippen LogP contribution in [0.25, 0.3) is 0 Å². The lowest BCUT2D eigenvalue weighted by molar-refractivity contribution is -0.146. The number of carbonyl (C=O) groups excluding carboxylic acids is 2. The summed E-state index contributed by atoms with van der Waals surface area (Å²) in [7, 11) is 1.34. The summed E-state index contributed by atoms with van der Waals surface area (Å²) >= 11 is 0. The van der Waals surface area contributed by atoms with E-state index in [1.807, 2.05) is 12.2 Å². The molecule has 0 aliphatic heterocycles. The summed E-state index contributed by atoms with van der Waals surface area (Å²) in [4.78, 5) is 24.8. The first-order chi connectivity index (χ1) is 6.29. The van der Waals surface area contributed by atoms with E-state index in [-0.39, 0.29) is 17.9 Å². The molecule has 2 atom stereocenters. The molecule has 0 heterocycles. The zero-order valence-corrected chi connectivity index (χ0v) is 7.40. The van der Waals surface area contributed by atoms with Gasteiger partial charge in [-0.15, -0.1) is 0 Å². The van der Waals surface area contributed by atoms with Gasteiger partial charge in [-0.05, 0) is 12.8 Å². The Morgan fingerprint density at radius 1 is 1.54 bits per heavy atom. The SMILES string of the molecule is COC(=O)C1CC=CC[C@H]1N=C=O. The Kier molecular flexibility index (Phi) is 3.41. The first-order valence-corrected chi connectivity index (χ1v) is 4.09. The van der Waals surface area contributed by atoms with Gasteiger partial charge in [0, 0.05) is 0 Å². The maximum Gasteiger partial charge on any atom is 0.311 e. The number of hydrogen-bond acceptors (Lipinski definition) is 4. The first-order valence-electron chi connectivity index (χ1n) is 4.09. The molecule has 0 N–H and O–H groups in total. The summed E-state index contributed by atoms with van der Waals surface area (Å²) in [6.45, 7) is 0. The predicted molar refractivity (Wildman–Crippen MR) is 45.8 cm³/mol. The fourth-order valence-corrected chi connectivity index (χ4v) is 1.41.